The van der Waals surface area contributed by atoms with Gasteiger partial charge in [-0.15, -0.1) is 0 Å². The van der Waals surface area contributed by atoms with Crippen LogP contribution in [0.4, 0.5) is 0 Å². The van der Waals surface area contributed by atoms with Gasteiger partial charge in [-0.2, -0.15) is 0 Å². The third-order valence-corrected chi connectivity index (χ3v) is 12.6. The molecule has 10 rings (SSSR count). The molecule has 62 heavy (non-hydrogen) atoms. The molecule has 7 aromatic carbocycles. The summed E-state index contributed by atoms with van der Waals surface area (Å²) >= 11 is 0. The number of rotatable bonds is 11. The van der Waals surface area contributed by atoms with Gasteiger partial charge in [0.1, 0.15) is 30.9 Å². The first-order valence-electron chi connectivity index (χ1n) is 20.7. The molecule has 9 nitrogen and oxygen atoms in total. The molecular formula is C53H41NO8. The Morgan fingerprint density at radius 2 is 0.661 bits per heavy atom. The zero-order chi connectivity index (χ0) is 42.5. The minimum Gasteiger partial charge on any atom is -0.504 e. The summed E-state index contributed by atoms with van der Waals surface area (Å²) in [6.07, 6.45) is -0.156. The van der Waals surface area contributed by atoms with Crippen LogP contribution in [0.5, 0.6) is 11.5 Å². The highest BCUT2D eigenvalue weighted by Gasteiger charge is 2.39. The van der Waals surface area contributed by atoms with Gasteiger partial charge in [0.2, 0.25) is 0 Å². The number of esters is 3. The van der Waals surface area contributed by atoms with E-state index in [-0.39, 0.29) is 56.1 Å². The number of phenols is 2. The Balaban J connectivity index is 1.02. The van der Waals surface area contributed by atoms with Gasteiger partial charge in [-0.3, -0.25) is 0 Å². The summed E-state index contributed by atoms with van der Waals surface area (Å²) in [5.74, 6) is -6.02. The summed E-state index contributed by atoms with van der Waals surface area (Å²) in [6, 6.07) is 47.2. The van der Waals surface area contributed by atoms with Crippen molar-refractivity contribution in [2.24, 2.45) is 5.73 Å². The average molecular weight is 820 g/mol. The highest BCUT2D eigenvalue weighted by Crippen LogP contribution is 2.48. The van der Waals surface area contributed by atoms with Gasteiger partial charge in [0.15, 0.2) is 11.5 Å². The van der Waals surface area contributed by atoms with Gasteiger partial charge in [-0.25, -0.2) is 14.4 Å². The van der Waals surface area contributed by atoms with E-state index in [1.807, 2.05) is 146 Å². The molecule has 3 aliphatic carbocycles. The molecule has 0 saturated carbocycles. The highest BCUT2D eigenvalue weighted by molar-refractivity contribution is 6.10. The third kappa shape index (κ3) is 6.32. The van der Waals surface area contributed by atoms with E-state index < -0.39 is 46.1 Å². The maximum atomic E-state index is 14.7. The number of benzene rings is 7. The Morgan fingerprint density at radius 3 is 0.968 bits per heavy atom. The van der Waals surface area contributed by atoms with Gasteiger partial charge in [0.05, 0.1) is 5.56 Å². The van der Waals surface area contributed by atoms with E-state index in [4.69, 9.17) is 19.9 Å². The van der Waals surface area contributed by atoms with Gasteiger partial charge in [-0.1, -0.05) is 146 Å². The number of hydrogen-bond donors (Lipinski definition) is 3. The molecule has 0 atom stereocenters. The molecular weight excluding hydrogens is 779 g/mol. The van der Waals surface area contributed by atoms with E-state index in [1.54, 1.807) is 0 Å². The lowest BCUT2D eigenvalue weighted by Crippen LogP contribution is -2.24. The Labute approximate surface area is 358 Å². The summed E-state index contributed by atoms with van der Waals surface area (Å²) in [5.41, 5.74) is 16.4. The second-order valence-electron chi connectivity index (χ2n) is 15.8. The van der Waals surface area contributed by atoms with Gasteiger partial charge in [-0.05, 0) is 85.3 Å². The van der Waals surface area contributed by atoms with Crippen molar-refractivity contribution in [1.82, 2.24) is 0 Å². The predicted octanol–water partition coefficient (Wildman–Crippen LogP) is 9.51. The Kier molecular flexibility index (Phi) is 9.89. The molecule has 0 amide bonds. The zero-order valence-electron chi connectivity index (χ0n) is 33.5. The van der Waals surface area contributed by atoms with Crippen LogP contribution in [0.1, 0.15) is 87.8 Å². The van der Waals surface area contributed by atoms with Crippen molar-refractivity contribution in [2.45, 2.75) is 24.2 Å². The highest BCUT2D eigenvalue weighted by atomic mass is 16.5. The Bertz CT molecular complexity index is 2820. The monoisotopic (exact) mass is 819 g/mol. The maximum absolute atomic E-state index is 14.7. The van der Waals surface area contributed by atoms with Crippen LogP contribution in [0.2, 0.25) is 0 Å². The van der Waals surface area contributed by atoms with Gasteiger partial charge in [0, 0.05) is 17.8 Å². The van der Waals surface area contributed by atoms with Gasteiger partial charge < -0.3 is 30.2 Å². The van der Waals surface area contributed by atoms with Crippen molar-refractivity contribution in [2.75, 3.05) is 26.4 Å². The summed E-state index contributed by atoms with van der Waals surface area (Å²) in [5, 5.41) is 23.5. The van der Waals surface area contributed by atoms with Crippen molar-refractivity contribution < 1.29 is 38.8 Å². The third-order valence-electron chi connectivity index (χ3n) is 12.6. The number of nitrogens with two attached hydrogens (primary N) is 1. The standard InChI is InChI=1S/C53H41NO8/c54-26-25-42-46(51(57)60-27-43-36-19-7-1-13-30(36)31-14-2-8-20-37(31)43)48(53(59)62-29-45-40-23-11-5-17-34(40)35-18-6-12-24-41(35)45)50(56)49(55)47(42)52(58)61-28-44-38-21-9-3-15-32(38)33-16-4-10-22-39(33)44/h1-24,43-45,55-56H,25-29,54H2. The van der Waals surface area contributed by atoms with Crippen molar-refractivity contribution in [3.05, 3.63) is 201 Å². The van der Waals surface area contributed by atoms with Crippen molar-refractivity contribution >= 4 is 17.9 Å². The first kappa shape index (κ1) is 38.7. The molecule has 7 aromatic rings. The molecule has 0 fully saturated rings. The van der Waals surface area contributed by atoms with E-state index >= 15 is 0 Å². The smallest absolute Gasteiger partial charge is 0.343 e. The van der Waals surface area contributed by atoms with Crippen LogP contribution in [0.3, 0.4) is 0 Å². The normalized spacial score (nSPS) is 13.4. The molecule has 0 aromatic heterocycles. The fourth-order valence-corrected chi connectivity index (χ4v) is 9.82. The van der Waals surface area contributed by atoms with E-state index in [0.29, 0.717) is 0 Å². The quantitative estimate of drug-likeness (QED) is 0.0660. The van der Waals surface area contributed by atoms with Crippen LogP contribution >= 0.6 is 0 Å². The summed E-state index contributed by atoms with van der Waals surface area (Å²) in [6.45, 7) is -0.469. The fourth-order valence-electron chi connectivity index (χ4n) is 9.82. The average Bonchev–Trinajstić information content (AvgIpc) is 3.93. The molecule has 0 spiro atoms. The van der Waals surface area contributed by atoms with Crippen molar-refractivity contribution in [3.63, 3.8) is 0 Å². The molecule has 4 N–H and O–H groups in total. The number of carbonyl (C=O) groups excluding carboxylic acids is 3. The van der Waals surface area contributed by atoms with Crippen molar-refractivity contribution in [1.29, 1.82) is 0 Å². The van der Waals surface area contributed by atoms with Crippen LogP contribution in [-0.4, -0.2) is 54.5 Å². The molecule has 0 heterocycles. The largest absolute Gasteiger partial charge is 0.504 e. The molecule has 9 heteroatoms. The maximum Gasteiger partial charge on any atom is 0.343 e. The first-order valence-corrected chi connectivity index (χ1v) is 20.7. The number of hydrogen-bond acceptors (Lipinski definition) is 9. The Hall–Kier alpha value is -7.49. The SMILES string of the molecule is NCCc1c(C(=O)OCC2c3ccccc3-c3ccccc32)c(O)c(O)c(C(=O)OCC2c3ccccc3-c3ccccc32)c1C(=O)OCC1c2ccccc2-c2ccccc21. The van der Waals surface area contributed by atoms with Crippen LogP contribution in [0.25, 0.3) is 33.4 Å². The molecule has 0 saturated heterocycles. The number of aromatic hydroxyl groups is 2. The molecule has 306 valence electrons. The van der Waals surface area contributed by atoms with Gasteiger partial charge in [0.25, 0.3) is 0 Å². The lowest BCUT2D eigenvalue weighted by molar-refractivity contribution is 0.0437. The molecule has 0 aliphatic heterocycles. The predicted molar refractivity (Wildman–Crippen MR) is 235 cm³/mol. The van der Waals surface area contributed by atoms with Crippen LogP contribution in [0.15, 0.2) is 146 Å². The minimum atomic E-state index is -1.08. The van der Waals surface area contributed by atoms with Crippen LogP contribution in [0, 0.1) is 0 Å². The minimum absolute atomic E-state index is 0.0956. The van der Waals surface area contributed by atoms with Crippen LogP contribution in [-0.2, 0) is 20.6 Å². The topological polar surface area (TPSA) is 145 Å². The summed E-state index contributed by atoms with van der Waals surface area (Å²) < 4.78 is 18.0. The molecule has 0 radical (unpaired) electrons. The zero-order valence-corrected chi connectivity index (χ0v) is 33.5. The molecule has 0 bridgehead atoms. The molecule has 0 unspecified atom stereocenters. The van der Waals surface area contributed by atoms with Gasteiger partial charge >= 0.3 is 17.9 Å². The Morgan fingerprint density at radius 1 is 0.403 bits per heavy atom. The van der Waals surface area contributed by atoms with E-state index in [2.05, 4.69) is 0 Å². The number of fused-ring (bicyclic) bond motifs is 9. The molecule has 3 aliphatic rings. The number of ether oxygens (including phenoxy) is 3. The van der Waals surface area contributed by atoms with Crippen molar-refractivity contribution in [3.8, 4) is 44.9 Å². The first-order chi connectivity index (χ1) is 30.4. The summed E-state index contributed by atoms with van der Waals surface area (Å²) in [4.78, 5) is 43.5. The van der Waals surface area contributed by atoms with E-state index in [1.165, 1.54) is 0 Å². The fraction of sp³-hybridized carbons (Fsp3) is 0.151. The van der Waals surface area contributed by atoms with E-state index in [0.717, 1.165) is 66.8 Å². The van der Waals surface area contributed by atoms with Crippen LogP contribution < -0.4 is 5.73 Å². The van der Waals surface area contributed by atoms with E-state index in [9.17, 15) is 24.6 Å². The second kappa shape index (κ2) is 15.8. The number of carbonyl (C=O) groups is 3. The number of phenolic OH excluding ortho intramolecular Hbond substituents is 2. The summed E-state index contributed by atoms with van der Waals surface area (Å²) in [7, 11) is 0. The lowest BCUT2D eigenvalue weighted by Gasteiger charge is -2.22. The second-order valence-corrected chi connectivity index (χ2v) is 15.8. The lowest BCUT2D eigenvalue weighted by atomic mass is 9.91.